The number of aliphatic hydroxyl groups is 1. The van der Waals surface area contributed by atoms with Gasteiger partial charge in [-0.15, -0.1) is 0 Å². The summed E-state index contributed by atoms with van der Waals surface area (Å²) in [4.78, 5) is 0. The number of rotatable bonds is 1. The number of nitrogens with one attached hydrogen (secondary N) is 1. The Morgan fingerprint density at radius 3 is 2.90 bits per heavy atom. The van der Waals surface area contributed by atoms with Crippen LogP contribution in [0.15, 0.2) is 42.5 Å². The predicted molar refractivity (Wildman–Crippen MR) is 79.1 cm³/mol. The Morgan fingerprint density at radius 2 is 2.00 bits per heavy atom. The van der Waals surface area contributed by atoms with Gasteiger partial charge >= 0.3 is 0 Å². The molecule has 0 radical (unpaired) electrons. The van der Waals surface area contributed by atoms with Gasteiger partial charge in [0, 0.05) is 12.2 Å². The molecule has 3 heteroatoms. The van der Waals surface area contributed by atoms with E-state index in [1.807, 2.05) is 24.3 Å². The van der Waals surface area contributed by atoms with Gasteiger partial charge in [0.15, 0.2) is 0 Å². The molecular weight excluding hydrogens is 248 g/mol. The normalized spacial score (nSPS) is 27.4. The molecule has 2 aliphatic rings. The minimum Gasteiger partial charge on any atom is -0.399 e. The first-order valence-electron chi connectivity index (χ1n) is 7.11. The first-order chi connectivity index (χ1) is 9.68. The molecule has 3 nitrogen and oxygen atoms in total. The van der Waals surface area contributed by atoms with Crippen LogP contribution in [-0.4, -0.2) is 5.11 Å². The van der Waals surface area contributed by atoms with Crippen molar-refractivity contribution in [2.24, 2.45) is 0 Å². The summed E-state index contributed by atoms with van der Waals surface area (Å²) in [5, 5.41) is 14.8. The highest BCUT2D eigenvalue weighted by Crippen LogP contribution is 2.48. The second-order valence-electron chi connectivity index (χ2n) is 5.85. The molecule has 2 unspecified atom stereocenters. The van der Waals surface area contributed by atoms with Crippen LogP contribution in [0.2, 0.25) is 0 Å². The van der Waals surface area contributed by atoms with Crippen molar-refractivity contribution in [3.8, 4) is 0 Å². The van der Waals surface area contributed by atoms with Crippen LogP contribution in [-0.2, 0) is 18.6 Å². The molecule has 1 heterocycles. The SMILES string of the molecule is Nc1ccc2c(c1)CCC2(O)C1NCc2ccccc21. The summed E-state index contributed by atoms with van der Waals surface area (Å²) in [7, 11) is 0. The van der Waals surface area contributed by atoms with Crippen LogP contribution >= 0.6 is 0 Å². The van der Waals surface area contributed by atoms with E-state index in [-0.39, 0.29) is 6.04 Å². The molecule has 0 fully saturated rings. The average Bonchev–Trinajstić information content (AvgIpc) is 3.01. The molecule has 2 aromatic carbocycles. The van der Waals surface area contributed by atoms with E-state index in [0.29, 0.717) is 0 Å². The monoisotopic (exact) mass is 266 g/mol. The zero-order valence-electron chi connectivity index (χ0n) is 11.3. The third kappa shape index (κ3) is 1.54. The molecule has 0 bridgehead atoms. The van der Waals surface area contributed by atoms with Crippen molar-refractivity contribution in [2.45, 2.75) is 31.0 Å². The van der Waals surface area contributed by atoms with Gasteiger partial charge in [-0.2, -0.15) is 0 Å². The van der Waals surface area contributed by atoms with Gasteiger partial charge in [-0.05, 0) is 47.2 Å². The van der Waals surface area contributed by atoms with E-state index in [2.05, 4.69) is 23.5 Å². The van der Waals surface area contributed by atoms with Crippen molar-refractivity contribution in [3.63, 3.8) is 0 Å². The van der Waals surface area contributed by atoms with Crippen molar-refractivity contribution in [1.82, 2.24) is 5.32 Å². The van der Waals surface area contributed by atoms with Gasteiger partial charge < -0.3 is 16.2 Å². The minimum atomic E-state index is -0.824. The number of hydrogen-bond acceptors (Lipinski definition) is 3. The van der Waals surface area contributed by atoms with E-state index >= 15 is 0 Å². The summed E-state index contributed by atoms with van der Waals surface area (Å²) in [5.41, 5.74) is 10.5. The van der Waals surface area contributed by atoms with Gasteiger partial charge in [0.2, 0.25) is 0 Å². The number of nitrogen functional groups attached to an aromatic ring is 1. The highest BCUT2D eigenvalue weighted by atomic mass is 16.3. The summed E-state index contributed by atoms with van der Waals surface area (Å²) >= 11 is 0. The highest BCUT2D eigenvalue weighted by molar-refractivity contribution is 5.51. The van der Waals surface area contributed by atoms with Gasteiger partial charge in [-0.3, -0.25) is 0 Å². The van der Waals surface area contributed by atoms with Crippen LogP contribution in [0, 0.1) is 0 Å². The van der Waals surface area contributed by atoms with E-state index in [1.165, 1.54) is 16.7 Å². The number of nitrogens with two attached hydrogens (primary N) is 1. The summed E-state index contributed by atoms with van der Waals surface area (Å²) in [6.07, 6.45) is 1.63. The van der Waals surface area contributed by atoms with Crippen LogP contribution in [0.1, 0.15) is 34.7 Å². The molecule has 102 valence electrons. The number of aryl methyl sites for hydroxylation is 1. The molecule has 20 heavy (non-hydrogen) atoms. The molecule has 1 aliphatic heterocycles. The first-order valence-corrected chi connectivity index (χ1v) is 7.11. The van der Waals surface area contributed by atoms with Gasteiger partial charge in [0.25, 0.3) is 0 Å². The Bertz CT molecular complexity index is 682. The smallest absolute Gasteiger partial charge is 0.110 e. The van der Waals surface area contributed by atoms with Crippen LogP contribution in [0.3, 0.4) is 0 Å². The maximum absolute atomic E-state index is 11.3. The van der Waals surface area contributed by atoms with Crippen LogP contribution in [0.4, 0.5) is 5.69 Å². The van der Waals surface area contributed by atoms with E-state index < -0.39 is 5.60 Å². The predicted octanol–water partition coefficient (Wildman–Crippen LogP) is 2.25. The van der Waals surface area contributed by atoms with E-state index in [0.717, 1.165) is 30.6 Å². The lowest BCUT2D eigenvalue weighted by atomic mass is 9.84. The zero-order chi connectivity index (χ0) is 13.7. The lowest BCUT2D eigenvalue weighted by molar-refractivity contribution is 0.000538. The Morgan fingerprint density at radius 1 is 1.15 bits per heavy atom. The molecule has 1 aliphatic carbocycles. The van der Waals surface area contributed by atoms with Gasteiger partial charge in [0.1, 0.15) is 5.60 Å². The zero-order valence-corrected chi connectivity index (χ0v) is 11.3. The standard InChI is InChI=1S/C17H18N2O/c18-13-5-6-15-11(9-13)7-8-17(15,20)16-14-4-2-1-3-12(14)10-19-16/h1-6,9,16,19-20H,7-8,10,18H2. The third-order valence-electron chi connectivity index (χ3n) is 4.71. The topological polar surface area (TPSA) is 58.3 Å². The number of benzene rings is 2. The van der Waals surface area contributed by atoms with E-state index in [9.17, 15) is 5.11 Å². The Labute approximate surface area is 118 Å². The molecule has 0 spiro atoms. The van der Waals surface area contributed by atoms with Gasteiger partial charge in [-0.25, -0.2) is 0 Å². The largest absolute Gasteiger partial charge is 0.399 e. The fourth-order valence-electron chi connectivity index (χ4n) is 3.73. The third-order valence-corrected chi connectivity index (χ3v) is 4.71. The molecule has 2 atom stereocenters. The molecule has 0 aromatic heterocycles. The Kier molecular flexibility index (Phi) is 2.43. The molecule has 2 aromatic rings. The van der Waals surface area contributed by atoms with Crippen molar-refractivity contribution in [2.75, 3.05) is 5.73 Å². The number of anilines is 1. The van der Waals surface area contributed by atoms with E-state index in [1.54, 1.807) is 0 Å². The van der Waals surface area contributed by atoms with Crippen molar-refractivity contribution in [3.05, 3.63) is 64.7 Å². The summed E-state index contributed by atoms with van der Waals surface area (Å²) in [6, 6.07) is 14.2. The van der Waals surface area contributed by atoms with Crippen molar-refractivity contribution < 1.29 is 5.11 Å². The fraction of sp³-hybridized carbons (Fsp3) is 0.294. The second-order valence-corrected chi connectivity index (χ2v) is 5.85. The average molecular weight is 266 g/mol. The molecule has 4 N–H and O–H groups in total. The molecule has 0 amide bonds. The Balaban J connectivity index is 1.81. The fourth-order valence-corrected chi connectivity index (χ4v) is 3.73. The molecule has 4 rings (SSSR count). The first kappa shape index (κ1) is 11.9. The summed E-state index contributed by atoms with van der Waals surface area (Å²) in [5.74, 6) is 0. The molecular formula is C17H18N2O. The van der Waals surface area contributed by atoms with Crippen LogP contribution in [0.25, 0.3) is 0 Å². The van der Waals surface area contributed by atoms with Crippen LogP contribution < -0.4 is 11.1 Å². The second kappa shape index (κ2) is 4.08. The summed E-state index contributed by atoms with van der Waals surface area (Å²) in [6.45, 7) is 0.827. The van der Waals surface area contributed by atoms with Crippen LogP contribution in [0.5, 0.6) is 0 Å². The molecule has 0 saturated heterocycles. The maximum Gasteiger partial charge on any atom is 0.110 e. The quantitative estimate of drug-likeness (QED) is 0.694. The molecule has 0 saturated carbocycles. The maximum atomic E-state index is 11.3. The lowest BCUT2D eigenvalue weighted by Gasteiger charge is -2.32. The van der Waals surface area contributed by atoms with Crippen molar-refractivity contribution in [1.29, 1.82) is 0 Å². The lowest BCUT2D eigenvalue weighted by Crippen LogP contribution is -2.36. The number of fused-ring (bicyclic) bond motifs is 2. The summed E-state index contributed by atoms with van der Waals surface area (Å²) < 4.78 is 0. The number of hydrogen-bond donors (Lipinski definition) is 3. The van der Waals surface area contributed by atoms with E-state index in [4.69, 9.17) is 5.73 Å². The van der Waals surface area contributed by atoms with Crippen molar-refractivity contribution >= 4 is 5.69 Å². The highest BCUT2D eigenvalue weighted by Gasteiger charge is 2.46. The Hall–Kier alpha value is -1.84. The van der Waals surface area contributed by atoms with Gasteiger partial charge in [0.05, 0.1) is 6.04 Å². The van der Waals surface area contributed by atoms with Gasteiger partial charge in [-0.1, -0.05) is 30.3 Å². The minimum absolute atomic E-state index is 0.0245.